The number of amides is 1. The zero-order valence-corrected chi connectivity index (χ0v) is 15.5. The number of rotatable bonds is 6. The minimum Gasteiger partial charge on any atom is -0.491 e. The van der Waals surface area contributed by atoms with E-state index in [9.17, 15) is 13.6 Å². The molecule has 8 heteroatoms. The molecule has 0 spiro atoms. The van der Waals surface area contributed by atoms with Gasteiger partial charge < -0.3 is 14.8 Å². The molecule has 2 heterocycles. The Morgan fingerprint density at radius 1 is 1.21 bits per heavy atom. The molecule has 1 saturated heterocycles. The van der Waals surface area contributed by atoms with Gasteiger partial charge in [-0.15, -0.1) is 0 Å². The first-order chi connectivity index (χ1) is 14.1. The fraction of sp³-hybridized carbons (Fsp3) is 0.238. The van der Waals surface area contributed by atoms with Crippen LogP contribution in [0.4, 0.5) is 14.5 Å². The van der Waals surface area contributed by atoms with Gasteiger partial charge in [0.05, 0.1) is 6.10 Å². The first-order valence-electron chi connectivity index (χ1n) is 9.26. The van der Waals surface area contributed by atoms with Gasteiger partial charge in [-0.05, 0) is 43.2 Å². The van der Waals surface area contributed by atoms with Crippen molar-refractivity contribution in [3.8, 4) is 11.4 Å². The fourth-order valence-electron chi connectivity index (χ4n) is 3.10. The molecule has 0 aliphatic carbocycles. The summed E-state index contributed by atoms with van der Waals surface area (Å²) in [5.41, 5.74) is 0.209. The predicted molar refractivity (Wildman–Crippen MR) is 102 cm³/mol. The molecule has 1 N–H and O–H groups in total. The van der Waals surface area contributed by atoms with E-state index in [1.165, 1.54) is 18.3 Å². The van der Waals surface area contributed by atoms with Crippen LogP contribution in [0.3, 0.4) is 0 Å². The second-order valence-corrected chi connectivity index (χ2v) is 6.64. The highest BCUT2D eigenvalue weighted by molar-refractivity contribution is 6.02. The van der Waals surface area contributed by atoms with Gasteiger partial charge in [0.15, 0.2) is 17.3 Å². The second kappa shape index (κ2) is 8.40. The maximum Gasteiger partial charge on any atom is 0.276 e. The summed E-state index contributed by atoms with van der Waals surface area (Å²) in [6.07, 6.45) is 3.43. The molecule has 0 unspecified atom stereocenters. The van der Waals surface area contributed by atoms with Crippen molar-refractivity contribution in [2.75, 3.05) is 18.5 Å². The number of hydrogen-bond donors (Lipinski definition) is 1. The van der Waals surface area contributed by atoms with Crippen molar-refractivity contribution in [1.82, 2.24) is 9.78 Å². The highest BCUT2D eigenvalue weighted by Crippen LogP contribution is 2.21. The summed E-state index contributed by atoms with van der Waals surface area (Å²) in [6, 6.07) is 11.9. The SMILES string of the molecule is O=C(Nc1cccc(OC[C@H]2CCCO2)c1)c1ccn(-c2c(F)cccc2F)n1. The van der Waals surface area contributed by atoms with Crippen molar-refractivity contribution < 1.29 is 23.0 Å². The zero-order chi connectivity index (χ0) is 20.2. The van der Waals surface area contributed by atoms with E-state index in [4.69, 9.17) is 9.47 Å². The maximum absolute atomic E-state index is 13.9. The molecule has 150 valence electrons. The number of anilines is 1. The third-order valence-electron chi connectivity index (χ3n) is 4.54. The maximum atomic E-state index is 13.9. The fourth-order valence-corrected chi connectivity index (χ4v) is 3.10. The lowest BCUT2D eigenvalue weighted by atomic mass is 10.2. The average Bonchev–Trinajstić information content (AvgIpc) is 3.39. The molecule has 4 rings (SSSR count). The molecule has 1 amide bonds. The summed E-state index contributed by atoms with van der Waals surface area (Å²) >= 11 is 0. The number of para-hydroxylation sites is 1. The van der Waals surface area contributed by atoms with E-state index in [2.05, 4.69) is 10.4 Å². The van der Waals surface area contributed by atoms with Crippen molar-refractivity contribution in [2.24, 2.45) is 0 Å². The second-order valence-electron chi connectivity index (χ2n) is 6.64. The van der Waals surface area contributed by atoms with Crippen LogP contribution in [0.2, 0.25) is 0 Å². The molecule has 1 fully saturated rings. The topological polar surface area (TPSA) is 65.4 Å². The quantitative estimate of drug-likeness (QED) is 0.682. The predicted octanol–water partition coefficient (Wildman–Crippen LogP) is 3.96. The van der Waals surface area contributed by atoms with Crippen molar-refractivity contribution >= 4 is 11.6 Å². The lowest BCUT2D eigenvalue weighted by Crippen LogP contribution is -2.16. The lowest BCUT2D eigenvalue weighted by molar-refractivity contribution is 0.0680. The van der Waals surface area contributed by atoms with Gasteiger partial charge in [-0.3, -0.25) is 4.79 Å². The van der Waals surface area contributed by atoms with Gasteiger partial charge in [-0.1, -0.05) is 12.1 Å². The van der Waals surface area contributed by atoms with E-state index in [0.717, 1.165) is 36.3 Å². The number of carbonyl (C=O) groups excluding carboxylic acids is 1. The van der Waals surface area contributed by atoms with Gasteiger partial charge >= 0.3 is 0 Å². The Morgan fingerprint density at radius 3 is 2.76 bits per heavy atom. The molecule has 3 aromatic rings. The van der Waals surface area contributed by atoms with Crippen LogP contribution in [0.5, 0.6) is 5.75 Å². The third kappa shape index (κ3) is 4.43. The summed E-state index contributed by atoms with van der Waals surface area (Å²) in [4.78, 5) is 12.5. The monoisotopic (exact) mass is 399 g/mol. The van der Waals surface area contributed by atoms with E-state index in [1.54, 1.807) is 24.3 Å². The highest BCUT2D eigenvalue weighted by atomic mass is 19.1. The summed E-state index contributed by atoms with van der Waals surface area (Å²) in [5.74, 6) is -1.43. The molecule has 0 saturated carbocycles. The number of hydrogen-bond acceptors (Lipinski definition) is 4. The van der Waals surface area contributed by atoms with Crippen LogP contribution >= 0.6 is 0 Å². The molecule has 1 aliphatic rings. The van der Waals surface area contributed by atoms with Crippen LogP contribution in [0.15, 0.2) is 54.7 Å². The summed E-state index contributed by atoms with van der Waals surface area (Å²) in [6.45, 7) is 1.21. The Labute approximate surface area is 166 Å². The van der Waals surface area contributed by atoms with E-state index in [0.29, 0.717) is 18.0 Å². The molecule has 1 aromatic heterocycles. The molecular weight excluding hydrogens is 380 g/mol. The first kappa shape index (κ1) is 19.1. The Bertz CT molecular complexity index is 996. The van der Waals surface area contributed by atoms with Gasteiger partial charge in [-0.2, -0.15) is 5.10 Å². The van der Waals surface area contributed by atoms with Crippen molar-refractivity contribution in [3.05, 3.63) is 72.1 Å². The van der Waals surface area contributed by atoms with Gasteiger partial charge in [0.2, 0.25) is 0 Å². The smallest absolute Gasteiger partial charge is 0.276 e. The van der Waals surface area contributed by atoms with Crippen LogP contribution in [0.25, 0.3) is 5.69 Å². The van der Waals surface area contributed by atoms with Crippen LogP contribution < -0.4 is 10.1 Å². The number of aromatic nitrogens is 2. The number of benzene rings is 2. The van der Waals surface area contributed by atoms with Gasteiger partial charge in [-0.25, -0.2) is 13.5 Å². The Hall–Kier alpha value is -3.26. The minimum atomic E-state index is -0.767. The normalized spacial score (nSPS) is 16.0. The van der Waals surface area contributed by atoms with E-state index in [1.807, 2.05) is 0 Å². The van der Waals surface area contributed by atoms with Gasteiger partial charge in [0.25, 0.3) is 5.91 Å². The summed E-state index contributed by atoms with van der Waals surface area (Å²) < 4.78 is 40.0. The van der Waals surface area contributed by atoms with Crippen LogP contribution in [-0.4, -0.2) is 35.0 Å². The Morgan fingerprint density at radius 2 is 2.00 bits per heavy atom. The molecule has 0 bridgehead atoms. The molecule has 1 atom stereocenters. The Kier molecular flexibility index (Phi) is 5.53. The zero-order valence-electron chi connectivity index (χ0n) is 15.5. The summed E-state index contributed by atoms with van der Waals surface area (Å²) in [5, 5.41) is 6.69. The van der Waals surface area contributed by atoms with Crippen LogP contribution in [0, 0.1) is 11.6 Å². The van der Waals surface area contributed by atoms with Gasteiger partial charge in [0, 0.05) is 24.6 Å². The largest absolute Gasteiger partial charge is 0.491 e. The third-order valence-corrected chi connectivity index (χ3v) is 4.54. The van der Waals surface area contributed by atoms with Crippen molar-refractivity contribution in [1.29, 1.82) is 0 Å². The van der Waals surface area contributed by atoms with Gasteiger partial charge in [0.1, 0.15) is 18.0 Å². The first-order valence-corrected chi connectivity index (χ1v) is 9.26. The van der Waals surface area contributed by atoms with Crippen molar-refractivity contribution in [2.45, 2.75) is 18.9 Å². The highest BCUT2D eigenvalue weighted by Gasteiger charge is 2.17. The Balaban J connectivity index is 1.43. The van der Waals surface area contributed by atoms with E-state index < -0.39 is 17.5 Å². The molecular formula is C21H19F2N3O3. The number of nitrogens with zero attached hydrogens (tertiary/aromatic N) is 2. The van der Waals surface area contributed by atoms with Crippen molar-refractivity contribution in [3.63, 3.8) is 0 Å². The number of carbonyl (C=O) groups is 1. The van der Waals surface area contributed by atoms with Crippen LogP contribution in [-0.2, 0) is 4.74 Å². The number of ether oxygens (including phenoxy) is 2. The van der Waals surface area contributed by atoms with E-state index in [-0.39, 0.29) is 17.5 Å². The standard InChI is InChI=1S/C21H19F2N3O3/c22-17-7-2-8-18(23)20(17)26-10-9-19(25-26)21(27)24-14-4-1-5-15(12-14)29-13-16-6-3-11-28-16/h1-2,4-5,7-10,12,16H,3,6,11,13H2,(H,24,27)/t16-/m1/s1. The molecule has 6 nitrogen and oxygen atoms in total. The molecule has 2 aromatic carbocycles. The van der Waals surface area contributed by atoms with E-state index >= 15 is 0 Å². The minimum absolute atomic E-state index is 0.0262. The molecule has 0 radical (unpaired) electrons. The summed E-state index contributed by atoms with van der Waals surface area (Å²) in [7, 11) is 0. The number of halogens is 2. The molecule has 29 heavy (non-hydrogen) atoms. The lowest BCUT2D eigenvalue weighted by Gasteiger charge is -2.12. The average molecular weight is 399 g/mol. The number of nitrogens with one attached hydrogen (secondary N) is 1. The van der Waals surface area contributed by atoms with Crippen LogP contribution in [0.1, 0.15) is 23.3 Å². The molecule has 1 aliphatic heterocycles.